The van der Waals surface area contributed by atoms with Crippen LogP contribution >= 0.6 is 27.3 Å². The van der Waals surface area contributed by atoms with E-state index in [1.807, 2.05) is 13.8 Å². The number of likely N-dealkylation sites (tertiary alicyclic amines) is 1. The summed E-state index contributed by atoms with van der Waals surface area (Å²) in [4.78, 5) is 26.5. The quantitative estimate of drug-likeness (QED) is 0.423. The molecule has 1 aliphatic rings. The Morgan fingerprint density at radius 3 is 2.56 bits per heavy atom. The van der Waals surface area contributed by atoms with E-state index < -0.39 is 17.9 Å². The number of alkyl halides is 3. The minimum absolute atomic E-state index is 0.0999. The maximum atomic E-state index is 14.5. The van der Waals surface area contributed by atoms with Gasteiger partial charge in [-0.25, -0.2) is 4.39 Å². The molecule has 1 fully saturated rings. The number of rotatable bonds is 7. The van der Waals surface area contributed by atoms with E-state index >= 15 is 0 Å². The second-order valence-corrected chi connectivity index (χ2v) is 9.89. The third kappa shape index (κ3) is 6.10. The lowest BCUT2D eigenvalue weighted by Crippen LogP contribution is -2.38. The molecule has 1 aliphatic heterocycles. The van der Waals surface area contributed by atoms with E-state index in [0.717, 1.165) is 16.5 Å². The summed E-state index contributed by atoms with van der Waals surface area (Å²) >= 11 is 4.80. The van der Waals surface area contributed by atoms with Gasteiger partial charge in [-0.05, 0) is 70.8 Å². The molecule has 34 heavy (non-hydrogen) atoms. The van der Waals surface area contributed by atoms with E-state index in [-0.39, 0.29) is 18.4 Å². The maximum Gasteiger partial charge on any atom is 0.471 e. The van der Waals surface area contributed by atoms with Gasteiger partial charge in [-0.2, -0.15) is 13.2 Å². The van der Waals surface area contributed by atoms with E-state index in [4.69, 9.17) is 4.74 Å². The number of ether oxygens (including phenoxy) is 1. The molecule has 2 heterocycles. The van der Waals surface area contributed by atoms with Crippen LogP contribution in [0.15, 0.2) is 22.7 Å². The fraction of sp³-hybridized carbons (Fsp3) is 0.478. The Balaban J connectivity index is 1.64. The average molecular weight is 565 g/mol. The van der Waals surface area contributed by atoms with Crippen molar-refractivity contribution in [1.29, 1.82) is 0 Å². The van der Waals surface area contributed by atoms with Crippen molar-refractivity contribution in [3.8, 4) is 5.06 Å². The fourth-order valence-corrected chi connectivity index (χ4v) is 5.52. The molecule has 0 radical (unpaired) electrons. The van der Waals surface area contributed by atoms with Gasteiger partial charge in [0.25, 0.3) is 5.91 Å². The molecule has 1 N–H and O–H groups in total. The van der Waals surface area contributed by atoms with Gasteiger partial charge in [0.05, 0.1) is 16.0 Å². The highest BCUT2D eigenvalue weighted by atomic mass is 79.9. The largest absolute Gasteiger partial charge is 0.483 e. The lowest BCUT2D eigenvalue weighted by Gasteiger charge is -2.32. The van der Waals surface area contributed by atoms with Crippen LogP contribution in [0.2, 0.25) is 0 Å². The number of thiophene rings is 1. The van der Waals surface area contributed by atoms with E-state index in [2.05, 4.69) is 15.9 Å². The number of hydrogen-bond acceptors (Lipinski definition) is 4. The number of carbonyl (C=O) groups is 2. The number of piperidine rings is 1. The van der Waals surface area contributed by atoms with Crippen molar-refractivity contribution >= 4 is 39.1 Å². The lowest BCUT2D eigenvalue weighted by atomic mass is 9.88. The first-order valence-electron chi connectivity index (χ1n) is 10.9. The maximum absolute atomic E-state index is 14.5. The fourth-order valence-electron chi connectivity index (χ4n) is 3.79. The van der Waals surface area contributed by atoms with Crippen molar-refractivity contribution in [2.75, 3.05) is 19.7 Å². The van der Waals surface area contributed by atoms with Crippen LogP contribution in [-0.4, -0.2) is 42.6 Å². The van der Waals surface area contributed by atoms with Crippen LogP contribution in [-0.2, 0) is 11.3 Å². The molecule has 1 aromatic carbocycles. The summed E-state index contributed by atoms with van der Waals surface area (Å²) in [7, 11) is 0. The number of nitrogens with zero attached hydrogens (tertiary/aromatic N) is 1. The van der Waals surface area contributed by atoms with Crippen LogP contribution in [0.1, 0.15) is 58.5 Å². The molecule has 5 nitrogen and oxygen atoms in total. The molecule has 0 spiro atoms. The van der Waals surface area contributed by atoms with Crippen LogP contribution in [0, 0.1) is 12.7 Å². The van der Waals surface area contributed by atoms with Crippen molar-refractivity contribution in [2.45, 2.75) is 51.7 Å². The zero-order valence-corrected chi connectivity index (χ0v) is 21.1. The van der Waals surface area contributed by atoms with E-state index in [9.17, 15) is 27.2 Å². The van der Waals surface area contributed by atoms with Crippen LogP contribution in [0.25, 0.3) is 0 Å². The molecular formula is C23H25BrF4N2O3S. The molecule has 0 saturated carbocycles. The first-order valence-corrected chi connectivity index (χ1v) is 12.5. The summed E-state index contributed by atoms with van der Waals surface area (Å²) in [5.41, 5.74) is 1.59. The third-order valence-corrected chi connectivity index (χ3v) is 8.08. The summed E-state index contributed by atoms with van der Waals surface area (Å²) in [5, 5.41) is 2.48. The topological polar surface area (TPSA) is 58.6 Å². The highest BCUT2D eigenvalue weighted by molar-refractivity contribution is 9.10. The molecular weight excluding hydrogens is 540 g/mol. The first-order chi connectivity index (χ1) is 16.0. The highest BCUT2D eigenvalue weighted by Crippen LogP contribution is 2.41. The van der Waals surface area contributed by atoms with Crippen LogP contribution in [0.5, 0.6) is 5.06 Å². The van der Waals surface area contributed by atoms with Gasteiger partial charge in [0, 0.05) is 19.6 Å². The molecule has 2 aromatic rings. The van der Waals surface area contributed by atoms with E-state index in [1.165, 1.54) is 29.5 Å². The van der Waals surface area contributed by atoms with Gasteiger partial charge >= 0.3 is 12.1 Å². The van der Waals surface area contributed by atoms with Gasteiger partial charge in [0.15, 0.2) is 5.06 Å². The van der Waals surface area contributed by atoms with Gasteiger partial charge in [-0.3, -0.25) is 9.59 Å². The predicted octanol–water partition coefficient (Wildman–Crippen LogP) is 5.95. The Morgan fingerprint density at radius 2 is 1.94 bits per heavy atom. The van der Waals surface area contributed by atoms with Crippen LogP contribution < -0.4 is 10.1 Å². The number of benzene rings is 1. The number of amides is 2. The smallest absolute Gasteiger partial charge is 0.471 e. The average Bonchev–Trinajstić information content (AvgIpc) is 3.09. The summed E-state index contributed by atoms with van der Waals surface area (Å²) in [5.74, 6) is -2.77. The molecule has 0 unspecified atom stereocenters. The summed E-state index contributed by atoms with van der Waals surface area (Å²) < 4.78 is 58.2. The van der Waals surface area contributed by atoms with Crippen molar-refractivity contribution < 1.29 is 31.9 Å². The standard InChI is InChI=1S/C23H25BrF4N2O3S/c1-3-10-33-21-18(24)13(2)19(34-21)20(31)30-8-6-15(7-9-30)16-11-14(4-5-17(16)25)12-29-22(32)23(26,27)28/h4-5,11,15H,3,6-10,12H2,1-2H3,(H,29,32). The van der Waals surface area contributed by atoms with E-state index in [1.54, 1.807) is 10.2 Å². The molecule has 1 saturated heterocycles. The Kier molecular flexibility index (Phi) is 8.62. The SMILES string of the molecule is CCCOc1sc(C(=O)N2CCC(c3cc(CNC(=O)C(F)(F)F)ccc3F)CC2)c(C)c1Br. The first kappa shape index (κ1) is 26.5. The minimum atomic E-state index is -4.97. The minimum Gasteiger partial charge on any atom is -0.483 e. The number of nitrogens with one attached hydrogen (secondary N) is 1. The van der Waals surface area contributed by atoms with Crippen molar-refractivity contribution in [2.24, 2.45) is 0 Å². The molecule has 11 heteroatoms. The van der Waals surface area contributed by atoms with E-state index in [0.29, 0.717) is 53.6 Å². The summed E-state index contributed by atoms with van der Waals surface area (Å²) in [6.45, 7) is 4.93. The molecule has 186 valence electrons. The molecule has 1 aromatic heterocycles. The Hall–Kier alpha value is -2.14. The zero-order valence-electron chi connectivity index (χ0n) is 18.7. The van der Waals surface area contributed by atoms with Gasteiger partial charge in [0.1, 0.15) is 5.82 Å². The second kappa shape index (κ2) is 11.1. The lowest BCUT2D eigenvalue weighted by molar-refractivity contribution is -0.173. The normalized spacial score (nSPS) is 14.9. The monoisotopic (exact) mass is 564 g/mol. The van der Waals surface area contributed by atoms with Crippen molar-refractivity contribution in [3.05, 3.63) is 50.1 Å². The number of halogens is 5. The van der Waals surface area contributed by atoms with Crippen LogP contribution in [0.3, 0.4) is 0 Å². The second-order valence-electron chi connectivity index (χ2n) is 8.11. The highest BCUT2D eigenvalue weighted by Gasteiger charge is 2.38. The zero-order chi connectivity index (χ0) is 25.0. The third-order valence-electron chi connectivity index (χ3n) is 5.67. The Bertz CT molecular complexity index is 1050. The Labute approximate surface area is 207 Å². The van der Waals surface area contributed by atoms with Gasteiger partial charge in [-0.1, -0.05) is 30.4 Å². The van der Waals surface area contributed by atoms with Gasteiger partial charge in [-0.15, -0.1) is 0 Å². The molecule has 0 aliphatic carbocycles. The summed E-state index contributed by atoms with van der Waals surface area (Å²) in [6.07, 6.45) is -3.08. The molecule has 0 bridgehead atoms. The molecule has 0 atom stereocenters. The molecule has 3 rings (SSSR count). The van der Waals surface area contributed by atoms with Crippen molar-refractivity contribution in [1.82, 2.24) is 10.2 Å². The number of carbonyl (C=O) groups excluding carboxylic acids is 2. The van der Waals surface area contributed by atoms with Gasteiger partial charge < -0.3 is 15.0 Å². The Morgan fingerprint density at radius 1 is 1.26 bits per heavy atom. The van der Waals surface area contributed by atoms with Gasteiger partial charge in [0.2, 0.25) is 0 Å². The van der Waals surface area contributed by atoms with Crippen LogP contribution in [0.4, 0.5) is 17.6 Å². The molecule has 2 amide bonds. The predicted molar refractivity (Wildman–Crippen MR) is 125 cm³/mol. The number of hydrogen-bond donors (Lipinski definition) is 1. The van der Waals surface area contributed by atoms with Crippen molar-refractivity contribution in [3.63, 3.8) is 0 Å². The summed E-state index contributed by atoms with van der Waals surface area (Å²) in [6, 6.07) is 4.04.